The van der Waals surface area contributed by atoms with Gasteiger partial charge in [0.15, 0.2) is 18.0 Å². The Balaban J connectivity index is 1.23. The van der Waals surface area contributed by atoms with Gasteiger partial charge in [0.1, 0.15) is 32.7 Å². The highest BCUT2D eigenvalue weighted by Crippen LogP contribution is 2.32. The monoisotopic (exact) mass is 389 g/mol. The zero-order chi connectivity index (χ0) is 18.6. The number of hydrogen-bond donors (Lipinski definition) is 3. The number of nitrogens with one attached hydrogen (secondary N) is 3. The van der Waals surface area contributed by atoms with E-state index in [1.54, 1.807) is 12.1 Å². The van der Waals surface area contributed by atoms with Crippen LogP contribution in [0.15, 0.2) is 42.5 Å². The summed E-state index contributed by atoms with van der Waals surface area (Å²) in [6, 6.07) is 13.4. The molecule has 0 atom stereocenters. The molecule has 6 nitrogen and oxygen atoms in total. The van der Waals surface area contributed by atoms with Crippen LogP contribution in [-0.2, 0) is 11.3 Å². The summed E-state index contributed by atoms with van der Waals surface area (Å²) in [6.07, 6.45) is 0. The molecule has 1 amide bonds. The minimum absolute atomic E-state index is 0.0338. The van der Waals surface area contributed by atoms with Crippen molar-refractivity contribution in [2.45, 2.75) is 6.54 Å². The fourth-order valence-electron chi connectivity index (χ4n) is 3.65. The number of quaternary nitrogens is 2. The van der Waals surface area contributed by atoms with Crippen molar-refractivity contribution in [1.29, 1.82) is 0 Å². The van der Waals surface area contributed by atoms with E-state index in [0.717, 1.165) is 49.9 Å². The van der Waals surface area contributed by atoms with E-state index in [2.05, 4.69) is 17.4 Å². The summed E-state index contributed by atoms with van der Waals surface area (Å²) in [5.74, 6) is 1.70. The van der Waals surface area contributed by atoms with Crippen LogP contribution in [0.3, 0.4) is 0 Å². The molecule has 0 unspecified atom stereocenters. The number of halogens is 1. The lowest BCUT2D eigenvalue weighted by Crippen LogP contribution is -3.28. The molecule has 0 radical (unpaired) electrons. The number of anilines is 1. The van der Waals surface area contributed by atoms with Crippen molar-refractivity contribution in [1.82, 2.24) is 0 Å². The molecule has 1 saturated heterocycles. The Hall–Kier alpha value is -2.28. The number of piperazine rings is 1. The third-order valence-electron chi connectivity index (χ3n) is 5.07. The maximum Gasteiger partial charge on any atom is 0.279 e. The number of rotatable bonds is 5. The molecule has 2 heterocycles. The van der Waals surface area contributed by atoms with E-state index in [-0.39, 0.29) is 5.91 Å². The van der Waals surface area contributed by atoms with E-state index in [1.165, 1.54) is 15.4 Å². The molecule has 2 aromatic carbocycles. The summed E-state index contributed by atoms with van der Waals surface area (Å²) in [5, 5.41) is 3.55. The average Bonchev–Trinajstić information content (AvgIpc) is 3.11. The van der Waals surface area contributed by atoms with Crippen molar-refractivity contribution >= 4 is 23.2 Å². The van der Waals surface area contributed by atoms with Crippen LogP contribution in [0.1, 0.15) is 5.56 Å². The van der Waals surface area contributed by atoms with Gasteiger partial charge in [0.2, 0.25) is 6.79 Å². The third-order valence-corrected chi connectivity index (χ3v) is 5.31. The molecule has 2 aliphatic heterocycles. The van der Waals surface area contributed by atoms with Crippen molar-refractivity contribution in [2.24, 2.45) is 0 Å². The highest BCUT2D eigenvalue weighted by molar-refractivity contribution is 6.30. The first-order chi connectivity index (χ1) is 13.2. The molecule has 0 spiro atoms. The molecular formula is C20H24ClN3O3+2. The van der Waals surface area contributed by atoms with Crippen LogP contribution in [0, 0.1) is 0 Å². The Morgan fingerprint density at radius 3 is 2.59 bits per heavy atom. The van der Waals surface area contributed by atoms with Gasteiger partial charge in [-0.3, -0.25) is 4.79 Å². The third kappa shape index (κ3) is 4.71. The van der Waals surface area contributed by atoms with Gasteiger partial charge in [0, 0.05) is 16.3 Å². The molecule has 2 aromatic rings. The van der Waals surface area contributed by atoms with Gasteiger partial charge in [-0.05, 0) is 36.4 Å². The molecule has 2 aliphatic rings. The predicted molar refractivity (Wildman–Crippen MR) is 103 cm³/mol. The van der Waals surface area contributed by atoms with Gasteiger partial charge in [-0.15, -0.1) is 0 Å². The molecular weight excluding hydrogens is 366 g/mol. The fourth-order valence-corrected chi connectivity index (χ4v) is 3.84. The number of hydrogen-bond acceptors (Lipinski definition) is 3. The normalized spacial score (nSPS) is 21.1. The van der Waals surface area contributed by atoms with Gasteiger partial charge in [0.25, 0.3) is 5.91 Å². The summed E-state index contributed by atoms with van der Waals surface area (Å²) in [7, 11) is 0. The van der Waals surface area contributed by atoms with Crippen LogP contribution < -0.4 is 24.6 Å². The van der Waals surface area contributed by atoms with Crippen molar-refractivity contribution in [3.63, 3.8) is 0 Å². The minimum Gasteiger partial charge on any atom is -0.454 e. The second kappa shape index (κ2) is 8.17. The number of benzene rings is 2. The first-order valence-corrected chi connectivity index (χ1v) is 9.64. The molecule has 7 heteroatoms. The molecule has 1 fully saturated rings. The molecule has 0 bridgehead atoms. The first-order valence-electron chi connectivity index (χ1n) is 9.27. The smallest absolute Gasteiger partial charge is 0.279 e. The van der Waals surface area contributed by atoms with E-state index >= 15 is 0 Å². The van der Waals surface area contributed by atoms with E-state index in [4.69, 9.17) is 21.1 Å². The van der Waals surface area contributed by atoms with Crippen LogP contribution >= 0.6 is 11.6 Å². The zero-order valence-electron chi connectivity index (χ0n) is 15.1. The number of carbonyl (C=O) groups excluding carboxylic acids is 1. The second-order valence-corrected chi connectivity index (χ2v) is 7.54. The standard InChI is InChI=1S/C20H22ClN3O3/c21-16-2-1-3-17(11-16)22-20(25)13-24-8-6-23(7-9-24)12-15-4-5-18-19(10-15)27-14-26-18/h1-5,10-11H,6-9,12-14H2,(H,22,25)/p+2. The lowest BCUT2D eigenvalue weighted by molar-refractivity contribution is -1.02. The summed E-state index contributed by atoms with van der Waals surface area (Å²) in [5.41, 5.74) is 2.01. The summed E-state index contributed by atoms with van der Waals surface area (Å²) >= 11 is 5.96. The Kier molecular flexibility index (Phi) is 5.48. The molecule has 27 heavy (non-hydrogen) atoms. The maximum absolute atomic E-state index is 12.3. The lowest BCUT2D eigenvalue weighted by Gasteiger charge is -2.29. The van der Waals surface area contributed by atoms with Crippen LogP contribution in [0.25, 0.3) is 0 Å². The lowest BCUT2D eigenvalue weighted by atomic mass is 10.1. The van der Waals surface area contributed by atoms with Crippen LogP contribution in [0.4, 0.5) is 5.69 Å². The van der Waals surface area contributed by atoms with Crippen molar-refractivity contribution in [3.05, 3.63) is 53.1 Å². The van der Waals surface area contributed by atoms with Gasteiger partial charge >= 0.3 is 0 Å². The molecule has 0 aromatic heterocycles. The maximum atomic E-state index is 12.3. The Bertz CT molecular complexity index is 822. The molecule has 3 N–H and O–H groups in total. The summed E-state index contributed by atoms with van der Waals surface area (Å²) in [4.78, 5) is 15.1. The van der Waals surface area contributed by atoms with Gasteiger partial charge < -0.3 is 24.6 Å². The molecule has 0 saturated carbocycles. The number of fused-ring (bicyclic) bond motifs is 1. The van der Waals surface area contributed by atoms with Gasteiger partial charge in [-0.25, -0.2) is 0 Å². The van der Waals surface area contributed by atoms with Crippen LogP contribution in [0.5, 0.6) is 11.5 Å². The Morgan fingerprint density at radius 2 is 1.78 bits per heavy atom. The molecule has 4 rings (SSSR count). The SMILES string of the molecule is O=C(C[NH+]1CC[NH+](Cc2ccc3c(c2)OCO3)CC1)Nc1cccc(Cl)c1. The predicted octanol–water partition coefficient (Wildman–Crippen LogP) is -0.00920. The zero-order valence-corrected chi connectivity index (χ0v) is 15.8. The van der Waals surface area contributed by atoms with Crippen LogP contribution in [0.2, 0.25) is 5.02 Å². The van der Waals surface area contributed by atoms with Gasteiger partial charge in [-0.2, -0.15) is 0 Å². The largest absolute Gasteiger partial charge is 0.454 e. The highest BCUT2D eigenvalue weighted by atomic mass is 35.5. The molecule has 0 aliphatic carbocycles. The van der Waals surface area contributed by atoms with Crippen LogP contribution in [-0.4, -0.2) is 45.4 Å². The van der Waals surface area contributed by atoms with E-state index in [9.17, 15) is 4.79 Å². The van der Waals surface area contributed by atoms with Gasteiger partial charge in [-0.1, -0.05) is 17.7 Å². The molecule has 142 valence electrons. The minimum atomic E-state index is 0.0338. The Labute approximate surface area is 163 Å². The number of carbonyl (C=O) groups is 1. The quantitative estimate of drug-likeness (QED) is 0.674. The Morgan fingerprint density at radius 1 is 1.00 bits per heavy atom. The number of ether oxygens (including phenoxy) is 2. The summed E-state index contributed by atoms with van der Waals surface area (Å²) < 4.78 is 10.8. The van der Waals surface area contributed by atoms with Crippen molar-refractivity contribution in [3.8, 4) is 11.5 Å². The van der Waals surface area contributed by atoms with E-state index in [0.29, 0.717) is 18.4 Å². The van der Waals surface area contributed by atoms with Crippen molar-refractivity contribution in [2.75, 3.05) is 44.8 Å². The average molecular weight is 390 g/mol. The van der Waals surface area contributed by atoms with Crippen molar-refractivity contribution < 1.29 is 24.1 Å². The number of amides is 1. The summed E-state index contributed by atoms with van der Waals surface area (Å²) in [6.45, 7) is 5.85. The topological polar surface area (TPSA) is 56.4 Å². The first kappa shape index (κ1) is 18.1. The van der Waals surface area contributed by atoms with Gasteiger partial charge in [0.05, 0.1) is 0 Å². The highest BCUT2D eigenvalue weighted by Gasteiger charge is 2.25. The van der Waals surface area contributed by atoms with E-state index in [1.807, 2.05) is 18.2 Å². The second-order valence-electron chi connectivity index (χ2n) is 7.10. The fraction of sp³-hybridized carbons (Fsp3) is 0.350. The van der Waals surface area contributed by atoms with E-state index < -0.39 is 0 Å².